The molecular weight excluding hydrogens is 236 g/mol. The first kappa shape index (κ1) is 11.9. The first-order chi connectivity index (χ1) is 8.15. The highest BCUT2D eigenvalue weighted by molar-refractivity contribution is 7.98. The number of pyridine rings is 1. The molecule has 0 atom stereocenters. The largest absolute Gasteiger partial charge is 0.397 e. The molecule has 0 unspecified atom stereocenters. The molecule has 0 saturated heterocycles. The molecular formula is C11H14N4OS. The predicted octanol–water partition coefficient (Wildman–Crippen LogP) is 2.46. The molecule has 90 valence electrons. The zero-order valence-electron chi connectivity index (χ0n) is 9.75. The second kappa shape index (κ2) is 5.18. The highest BCUT2D eigenvalue weighted by atomic mass is 32.2. The number of hydrogen-bond acceptors (Lipinski definition) is 6. The van der Waals surface area contributed by atoms with Gasteiger partial charge in [0.05, 0.1) is 22.7 Å². The molecule has 0 aliphatic heterocycles. The Balaban J connectivity index is 1.95. The smallest absolute Gasteiger partial charge is 0.237 e. The Labute approximate surface area is 104 Å². The number of thioether (sulfide) groups is 1. The molecule has 0 aromatic carbocycles. The topological polar surface area (TPSA) is 77.8 Å². The minimum Gasteiger partial charge on any atom is -0.397 e. The molecule has 2 rings (SSSR count). The van der Waals surface area contributed by atoms with Gasteiger partial charge in [-0.05, 0) is 12.1 Å². The van der Waals surface area contributed by atoms with Crippen molar-refractivity contribution in [3.05, 3.63) is 30.0 Å². The Kier molecular flexibility index (Phi) is 3.63. The third-order valence-corrected chi connectivity index (χ3v) is 3.03. The van der Waals surface area contributed by atoms with Gasteiger partial charge in [0.25, 0.3) is 0 Å². The summed E-state index contributed by atoms with van der Waals surface area (Å²) < 4.78 is 5.14. The molecule has 5 nitrogen and oxygen atoms in total. The van der Waals surface area contributed by atoms with Crippen molar-refractivity contribution in [2.75, 3.05) is 5.73 Å². The molecule has 0 aliphatic rings. The van der Waals surface area contributed by atoms with Crippen LogP contribution in [-0.2, 0) is 5.75 Å². The van der Waals surface area contributed by atoms with Gasteiger partial charge in [-0.3, -0.25) is 0 Å². The maximum Gasteiger partial charge on any atom is 0.237 e. The number of nitrogens with two attached hydrogens (primary N) is 1. The molecule has 0 spiro atoms. The fraction of sp³-hybridized carbons (Fsp3) is 0.364. The van der Waals surface area contributed by atoms with Gasteiger partial charge in [0.1, 0.15) is 0 Å². The number of nitrogens with zero attached hydrogens (tertiary/aromatic N) is 3. The fourth-order valence-corrected chi connectivity index (χ4v) is 1.85. The molecule has 17 heavy (non-hydrogen) atoms. The van der Waals surface area contributed by atoms with Crippen LogP contribution in [0.2, 0.25) is 0 Å². The van der Waals surface area contributed by atoms with Crippen molar-refractivity contribution in [3.63, 3.8) is 0 Å². The zero-order valence-corrected chi connectivity index (χ0v) is 10.6. The number of aromatic nitrogens is 3. The van der Waals surface area contributed by atoms with Crippen LogP contribution in [-0.4, -0.2) is 15.1 Å². The van der Waals surface area contributed by atoms with Gasteiger partial charge in [0, 0.05) is 5.92 Å². The first-order valence-corrected chi connectivity index (χ1v) is 6.30. The van der Waals surface area contributed by atoms with Gasteiger partial charge in [-0.2, -0.15) is 4.98 Å². The summed E-state index contributed by atoms with van der Waals surface area (Å²) in [7, 11) is 0. The van der Waals surface area contributed by atoms with Crippen molar-refractivity contribution >= 4 is 17.4 Å². The summed E-state index contributed by atoms with van der Waals surface area (Å²) in [6.45, 7) is 4.06. The van der Waals surface area contributed by atoms with Crippen molar-refractivity contribution < 1.29 is 4.52 Å². The molecule has 0 saturated carbocycles. The van der Waals surface area contributed by atoms with E-state index in [-0.39, 0.29) is 5.92 Å². The van der Waals surface area contributed by atoms with Crippen molar-refractivity contribution in [1.29, 1.82) is 0 Å². The lowest BCUT2D eigenvalue weighted by atomic mass is 10.2. The summed E-state index contributed by atoms with van der Waals surface area (Å²) in [6.07, 6.45) is 1.63. The standard InChI is InChI=1S/C11H14N4OS/c1-7(2)11-14-9(16-15-11)6-17-10-4-3-8(12)5-13-10/h3-5,7H,6,12H2,1-2H3. The van der Waals surface area contributed by atoms with Crippen molar-refractivity contribution in [1.82, 2.24) is 15.1 Å². The Morgan fingerprint density at radius 1 is 1.41 bits per heavy atom. The minimum absolute atomic E-state index is 0.284. The van der Waals surface area contributed by atoms with Crippen LogP contribution in [0.15, 0.2) is 27.9 Å². The van der Waals surface area contributed by atoms with Crippen molar-refractivity contribution in [2.45, 2.75) is 30.5 Å². The molecule has 2 aromatic rings. The summed E-state index contributed by atoms with van der Waals surface area (Å²) in [5.41, 5.74) is 6.22. The lowest BCUT2D eigenvalue weighted by Gasteiger charge is -1.97. The van der Waals surface area contributed by atoms with E-state index in [0.717, 1.165) is 10.9 Å². The van der Waals surface area contributed by atoms with E-state index in [1.54, 1.807) is 18.0 Å². The lowest BCUT2D eigenvalue weighted by Crippen LogP contribution is -1.90. The van der Waals surface area contributed by atoms with E-state index >= 15 is 0 Å². The van der Waals surface area contributed by atoms with Gasteiger partial charge in [-0.1, -0.05) is 30.8 Å². The highest BCUT2D eigenvalue weighted by Crippen LogP contribution is 2.21. The van der Waals surface area contributed by atoms with Crippen molar-refractivity contribution in [2.24, 2.45) is 0 Å². The van der Waals surface area contributed by atoms with E-state index in [9.17, 15) is 0 Å². The normalized spacial score (nSPS) is 11.0. The molecule has 6 heteroatoms. The van der Waals surface area contributed by atoms with E-state index in [1.165, 1.54) is 0 Å². The minimum atomic E-state index is 0.284. The average Bonchev–Trinajstić information content (AvgIpc) is 2.77. The van der Waals surface area contributed by atoms with Gasteiger partial charge >= 0.3 is 0 Å². The molecule has 2 N–H and O–H groups in total. The van der Waals surface area contributed by atoms with Gasteiger partial charge in [0.2, 0.25) is 5.89 Å². The quantitative estimate of drug-likeness (QED) is 0.840. The zero-order chi connectivity index (χ0) is 12.3. The first-order valence-electron chi connectivity index (χ1n) is 5.32. The van der Waals surface area contributed by atoms with Crippen LogP contribution in [0, 0.1) is 0 Å². The highest BCUT2D eigenvalue weighted by Gasteiger charge is 2.09. The molecule has 2 heterocycles. The Morgan fingerprint density at radius 2 is 2.24 bits per heavy atom. The summed E-state index contributed by atoms with van der Waals surface area (Å²) in [5.74, 6) is 2.27. The van der Waals surface area contributed by atoms with Gasteiger partial charge in [0.15, 0.2) is 5.82 Å². The molecule has 2 aromatic heterocycles. The molecule has 0 fully saturated rings. The number of rotatable bonds is 4. The van der Waals surface area contributed by atoms with E-state index in [1.807, 2.05) is 26.0 Å². The average molecular weight is 250 g/mol. The van der Waals surface area contributed by atoms with E-state index in [4.69, 9.17) is 10.3 Å². The second-order valence-corrected chi connectivity index (χ2v) is 4.92. The van der Waals surface area contributed by atoms with E-state index < -0.39 is 0 Å². The van der Waals surface area contributed by atoms with E-state index in [2.05, 4.69) is 15.1 Å². The predicted molar refractivity (Wildman–Crippen MR) is 66.6 cm³/mol. The van der Waals surface area contributed by atoms with Crippen LogP contribution < -0.4 is 5.73 Å². The van der Waals surface area contributed by atoms with Crippen LogP contribution in [0.1, 0.15) is 31.5 Å². The molecule has 0 radical (unpaired) electrons. The van der Waals surface area contributed by atoms with Gasteiger partial charge in [-0.25, -0.2) is 4.98 Å². The van der Waals surface area contributed by atoms with Crippen LogP contribution in [0.4, 0.5) is 5.69 Å². The molecule has 0 bridgehead atoms. The number of anilines is 1. The van der Waals surface area contributed by atoms with Gasteiger partial charge in [-0.15, -0.1) is 0 Å². The van der Waals surface area contributed by atoms with Crippen LogP contribution in [0.3, 0.4) is 0 Å². The lowest BCUT2D eigenvalue weighted by molar-refractivity contribution is 0.383. The summed E-state index contributed by atoms with van der Waals surface area (Å²) >= 11 is 1.54. The monoisotopic (exact) mass is 250 g/mol. The maximum absolute atomic E-state index is 5.56. The summed E-state index contributed by atoms with van der Waals surface area (Å²) in [4.78, 5) is 8.47. The van der Waals surface area contributed by atoms with Crippen LogP contribution >= 0.6 is 11.8 Å². The third-order valence-electron chi connectivity index (χ3n) is 2.10. The summed E-state index contributed by atoms with van der Waals surface area (Å²) in [5, 5.41) is 4.79. The second-order valence-electron chi connectivity index (χ2n) is 3.92. The molecule has 0 aliphatic carbocycles. The molecule has 0 amide bonds. The Hall–Kier alpha value is -1.56. The number of nitrogen functional groups attached to an aromatic ring is 1. The van der Waals surface area contributed by atoms with Crippen molar-refractivity contribution in [3.8, 4) is 0 Å². The Morgan fingerprint density at radius 3 is 2.82 bits per heavy atom. The van der Waals surface area contributed by atoms with Gasteiger partial charge < -0.3 is 10.3 Å². The summed E-state index contributed by atoms with van der Waals surface area (Å²) in [6, 6.07) is 3.70. The SMILES string of the molecule is CC(C)c1noc(CSc2ccc(N)cn2)n1. The van der Waals surface area contributed by atoms with E-state index in [0.29, 0.717) is 17.3 Å². The van der Waals surface area contributed by atoms with Crippen LogP contribution in [0.25, 0.3) is 0 Å². The third kappa shape index (κ3) is 3.20. The van der Waals surface area contributed by atoms with Crippen LogP contribution in [0.5, 0.6) is 0 Å². The Bertz CT molecular complexity index is 480. The fourth-order valence-electron chi connectivity index (χ4n) is 1.17. The maximum atomic E-state index is 5.56. The number of hydrogen-bond donors (Lipinski definition) is 1.